The molecule has 7 nitrogen and oxygen atoms in total. The fourth-order valence-electron chi connectivity index (χ4n) is 4.27. The van der Waals surface area contributed by atoms with E-state index in [1.54, 1.807) is 30.5 Å². The van der Waals surface area contributed by atoms with Crippen molar-refractivity contribution in [2.24, 2.45) is 0 Å². The Morgan fingerprint density at radius 3 is 2.53 bits per heavy atom. The maximum absolute atomic E-state index is 13.0. The summed E-state index contributed by atoms with van der Waals surface area (Å²) in [4.78, 5) is 21.7. The second kappa shape index (κ2) is 8.83. The Kier molecular flexibility index (Phi) is 6.27. The molecular weight excluding hydrogens is 448 g/mol. The number of nitrogens with zero attached hydrogens (tertiary/aromatic N) is 3. The predicted octanol–water partition coefficient (Wildman–Crippen LogP) is 5.18. The second-order valence-corrected chi connectivity index (χ2v) is 11.3. The van der Waals surface area contributed by atoms with Gasteiger partial charge in [0.25, 0.3) is 5.56 Å². The Hall–Kier alpha value is -2.45. The van der Waals surface area contributed by atoms with Crippen LogP contribution >= 0.6 is 11.6 Å². The molecule has 2 aromatic heterocycles. The normalized spacial score (nSPS) is 15.4. The van der Waals surface area contributed by atoms with Gasteiger partial charge in [-0.3, -0.25) is 9.36 Å². The number of hydrogen-bond acceptors (Lipinski definition) is 6. The zero-order chi connectivity index (χ0) is 23.0. The third-order valence-electron chi connectivity index (χ3n) is 6.01. The van der Waals surface area contributed by atoms with Crippen LogP contribution in [0.3, 0.4) is 0 Å². The average Bonchev–Trinajstić information content (AvgIpc) is 2.76. The minimum absolute atomic E-state index is 0.126. The third kappa shape index (κ3) is 4.26. The predicted molar refractivity (Wildman–Crippen MR) is 128 cm³/mol. The summed E-state index contributed by atoms with van der Waals surface area (Å²) in [5.41, 5.74) is 1.68. The Morgan fingerprint density at radius 2 is 1.88 bits per heavy atom. The summed E-state index contributed by atoms with van der Waals surface area (Å²) in [6.45, 7) is 5.64. The van der Waals surface area contributed by atoms with Crippen LogP contribution in [0.2, 0.25) is 5.02 Å². The fraction of sp³-hybridized carbons (Fsp3) is 0.435. The molecule has 2 heterocycles. The number of aryl methyl sites for hydroxylation is 1. The zero-order valence-electron chi connectivity index (χ0n) is 18.4. The molecule has 0 saturated heterocycles. The Balaban J connectivity index is 1.66. The van der Waals surface area contributed by atoms with Gasteiger partial charge in [-0.25, -0.2) is 13.4 Å². The first-order valence-corrected chi connectivity index (χ1v) is 12.8. The van der Waals surface area contributed by atoms with Crippen molar-refractivity contribution in [1.29, 1.82) is 0 Å². The first-order valence-electron chi connectivity index (χ1n) is 10.9. The summed E-state index contributed by atoms with van der Waals surface area (Å²) in [5, 5.41) is 3.66. The van der Waals surface area contributed by atoms with Crippen molar-refractivity contribution in [3.05, 3.63) is 51.4 Å². The Morgan fingerprint density at radius 1 is 1.16 bits per heavy atom. The first kappa shape index (κ1) is 22.7. The standard InChI is InChI=1S/C23H27ClN4O3S/c1-14(2)28-21-16(12-19(24)22(28)29)13-25-23(27-21)26-20-10-9-18(11-15(20)3)32(30,31)17-7-5-4-6-8-17/h9-14,17H,4-8H2,1-3H3,(H,25,26,27). The minimum atomic E-state index is -3.34. The van der Waals surface area contributed by atoms with Gasteiger partial charge in [0.15, 0.2) is 9.84 Å². The van der Waals surface area contributed by atoms with Crippen LogP contribution in [0.5, 0.6) is 0 Å². The fourth-order valence-corrected chi connectivity index (χ4v) is 6.41. The molecule has 0 aliphatic heterocycles. The molecule has 0 radical (unpaired) electrons. The molecule has 1 N–H and O–H groups in total. The molecule has 4 rings (SSSR count). The summed E-state index contributed by atoms with van der Waals surface area (Å²) in [5.74, 6) is 0.319. The minimum Gasteiger partial charge on any atom is -0.324 e. The summed E-state index contributed by atoms with van der Waals surface area (Å²) < 4.78 is 27.6. The molecule has 3 aromatic rings. The van der Waals surface area contributed by atoms with E-state index in [1.165, 1.54) is 4.57 Å². The quantitative estimate of drug-likeness (QED) is 0.547. The van der Waals surface area contributed by atoms with Gasteiger partial charge in [-0.05, 0) is 63.4 Å². The van der Waals surface area contributed by atoms with Gasteiger partial charge in [0.1, 0.15) is 10.7 Å². The molecule has 0 atom stereocenters. The lowest BCUT2D eigenvalue weighted by Gasteiger charge is -2.22. The van der Waals surface area contributed by atoms with Crippen molar-refractivity contribution in [3.63, 3.8) is 0 Å². The molecule has 1 fully saturated rings. The molecule has 0 bridgehead atoms. The number of aromatic nitrogens is 3. The van der Waals surface area contributed by atoms with Gasteiger partial charge in [-0.2, -0.15) is 4.98 Å². The molecule has 9 heteroatoms. The van der Waals surface area contributed by atoms with Crippen LogP contribution in [0, 0.1) is 6.92 Å². The van der Waals surface area contributed by atoms with E-state index in [2.05, 4.69) is 15.3 Å². The largest absolute Gasteiger partial charge is 0.324 e. The molecule has 0 spiro atoms. The number of hydrogen-bond donors (Lipinski definition) is 1. The topological polar surface area (TPSA) is 94.0 Å². The molecular formula is C23H27ClN4O3S. The summed E-state index contributed by atoms with van der Waals surface area (Å²) in [7, 11) is -3.34. The molecule has 0 unspecified atom stereocenters. The van der Waals surface area contributed by atoms with Crippen LogP contribution in [0.1, 0.15) is 57.6 Å². The van der Waals surface area contributed by atoms with Gasteiger partial charge >= 0.3 is 0 Å². The van der Waals surface area contributed by atoms with Crippen molar-refractivity contribution in [3.8, 4) is 0 Å². The zero-order valence-corrected chi connectivity index (χ0v) is 20.0. The summed E-state index contributed by atoms with van der Waals surface area (Å²) in [6.07, 6.45) is 6.12. The highest BCUT2D eigenvalue weighted by Gasteiger charge is 2.29. The molecule has 170 valence electrons. The van der Waals surface area contributed by atoms with Crippen LogP contribution < -0.4 is 10.9 Å². The van der Waals surface area contributed by atoms with E-state index in [0.29, 0.717) is 27.6 Å². The number of sulfone groups is 1. The van der Waals surface area contributed by atoms with Crippen molar-refractivity contribution in [2.45, 2.75) is 69.1 Å². The van der Waals surface area contributed by atoms with Gasteiger partial charge < -0.3 is 5.32 Å². The van der Waals surface area contributed by atoms with Gasteiger partial charge in [0, 0.05) is 23.3 Å². The van der Waals surface area contributed by atoms with E-state index < -0.39 is 9.84 Å². The van der Waals surface area contributed by atoms with Gasteiger partial charge in [-0.15, -0.1) is 0 Å². The number of anilines is 2. The second-order valence-electron chi connectivity index (χ2n) is 8.64. The summed E-state index contributed by atoms with van der Waals surface area (Å²) in [6, 6.07) is 6.53. The van der Waals surface area contributed by atoms with Crippen molar-refractivity contribution in [2.75, 3.05) is 5.32 Å². The number of halogens is 1. The van der Waals surface area contributed by atoms with Crippen molar-refractivity contribution >= 4 is 44.1 Å². The first-order chi connectivity index (χ1) is 15.2. The number of benzene rings is 1. The monoisotopic (exact) mass is 474 g/mol. The number of rotatable bonds is 5. The molecule has 32 heavy (non-hydrogen) atoms. The van der Waals surface area contributed by atoms with E-state index in [4.69, 9.17) is 11.6 Å². The Labute approximate surface area is 192 Å². The Bertz CT molecular complexity index is 1330. The maximum Gasteiger partial charge on any atom is 0.271 e. The van der Waals surface area contributed by atoms with Crippen molar-refractivity contribution in [1.82, 2.24) is 14.5 Å². The smallest absolute Gasteiger partial charge is 0.271 e. The third-order valence-corrected chi connectivity index (χ3v) is 8.54. The number of pyridine rings is 1. The number of nitrogens with one attached hydrogen (secondary N) is 1. The lowest BCUT2D eigenvalue weighted by atomic mass is 10.0. The van der Waals surface area contributed by atoms with E-state index in [0.717, 1.165) is 37.7 Å². The number of fused-ring (bicyclic) bond motifs is 1. The molecule has 0 amide bonds. The lowest BCUT2D eigenvalue weighted by Crippen LogP contribution is -2.24. The van der Waals surface area contributed by atoms with E-state index in [9.17, 15) is 13.2 Å². The maximum atomic E-state index is 13.0. The molecule has 1 saturated carbocycles. The van der Waals surface area contributed by atoms with Crippen LogP contribution in [0.4, 0.5) is 11.6 Å². The van der Waals surface area contributed by atoms with Crippen LogP contribution in [0.15, 0.2) is 40.2 Å². The average molecular weight is 475 g/mol. The SMILES string of the molecule is Cc1cc(S(=O)(=O)C2CCCCC2)ccc1Nc1ncc2cc(Cl)c(=O)n(C(C)C)c2n1. The lowest BCUT2D eigenvalue weighted by molar-refractivity contribution is 0.483. The molecule has 1 aliphatic rings. The van der Waals surface area contributed by atoms with Crippen molar-refractivity contribution < 1.29 is 8.42 Å². The summed E-state index contributed by atoms with van der Waals surface area (Å²) >= 11 is 6.08. The van der Waals surface area contributed by atoms with E-state index in [1.807, 2.05) is 20.8 Å². The van der Waals surface area contributed by atoms with Gasteiger partial charge in [-0.1, -0.05) is 30.9 Å². The van der Waals surface area contributed by atoms with E-state index in [-0.39, 0.29) is 21.9 Å². The van der Waals surface area contributed by atoms with Gasteiger partial charge in [0.05, 0.1) is 10.1 Å². The molecule has 1 aliphatic carbocycles. The van der Waals surface area contributed by atoms with E-state index >= 15 is 0 Å². The highest BCUT2D eigenvalue weighted by Crippen LogP contribution is 2.31. The van der Waals surface area contributed by atoms with Gasteiger partial charge in [0.2, 0.25) is 5.95 Å². The van der Waals surface area contributed by atoms with Crippen LogP contribution in [-0.4, -0.2) is 28.2 Å². The van der Waals surface area contributed by atoms with Crippen LogP contribution in [-0.2, 0) is 9.84 Å². The highest BCUT2D eigenvalue weighted by atomic mass is 35.5. The van der Waals surface area contributed by atoms with Crippen LogP contribution in [0.25, 0.3) is 11.0 Å². The highest BCUT2D eigenvalue weighted by molar-refractivity contribution is 7.92. The molecule has 1 aromatic carbocycles.